The number of hydrogen-bond acceptors (Lipinski definition) is 1. The average molecular weight is 211 g/mol. The second-order valence-corrected chi connectivity index (χ2v) is 4.10. The minimum absolute atomic E-state index is 0.522. The molecule has 0 saturated carbocycles. The monoisotopic (exact) mass is 211 g/mol. The number of hydrogen-bond donors (Lipinski definition) is 1. The van der Waals surface area contributed by atoms with E-state index in [1.807, 2.05) is 24.3 Å². The zero-order chi connectivity index (χ0) is 11.4. The zero-order valence-electron chi connectivity index (χ0n) is 9.39. The third kappa shape index (κ3) is 1.86. The predicted molar refractivity (Wildman–Crippen MR) is 69.0 cm³/mol. The van der Waals surface area contributed by atoms with Gasteiger partial charge in [0.15, 0.2) is 0 Å². The van der Waals surface area contributed by atoms with Gasteiger partial charge >= 0.3 is 0 Å². The first kappa shape index (κ1) is 10.9. The predicted octanol–water partition coefficient (Wildman–Crippen LogP) is 3.30. The Hall–Kier alpha value is -1.60. The van der Waals surface area contributed by atoms with E-state index in [1.54, 1.807) is 0 Å². The summed E-state index contributed by atoms with van der Waals surface area (Å²) in [4.78, 5) is 0. The maximum absolute atomic E-state index is 6.47. The standard InChI is InChI=1S/C15H17N/c1-2-15(16,13-9-5-3-6-10-13)14-11-7-4-8-12-14/h2-7,9-11H,1,8,12,16H2. The number of nitrogens with two attached hydrogens (primary N) is 1. The summed E-state index contributed by atoms with van der Waals surface area (Å²) in [6.07, 6.45) is 10.3. The minimum atomic E-state index is -0.522. The van der Waals surface area contributed by atoms with Crippen molar-refractivity contribution in [2.24, 2.45) is 5.73 Å². The third-order valence-electron chi connectivity index (χ3n) is 3.12. The molecule has 0 saturated heterocycles. The molecule has 1 aromatic carbocycles. The van der Waals surface area contributed by atoms with Gasteiger partial charge in [0, 0.05) is 0 Å². The summed E-state index contributed by atoms with van der Waals surface area (Å²) >= 11 is 0. The molecule has 1 aliphatic carbocycles. The highest BCUT2D eigenvalue weighted by molar-refractivity contribution is 5.42. The van der Waals surface area contributed by atoms with E-state index >= 15 is 0 Å². The fraction of sp³-hybridized carbons (Fsp3) is 0.200. The summed E-state index contributed by atoms with van der Waals surface area (Å²) in [7, 11) is 0. The Kier molecular flexibility index (Phi) is 3.07. The van der Waals surface area contributed by atoms with E-state index in [1.165, 1.54) is 5.57 Å². The van der Waals surface area contributed by atoms with Crippen molar-refractivity contribution in [3.63, 3.8) is 0 Å². The summed E-state index contributed by atoms with van der Waals surface area (Å²) in [5.74, 6) is 0. The van der Waals surface area contributed by atoms with Crippen molar-refractivity contribution < 1.29 is 0 Å². The van der Waals surface area contributed by atoms with Crippen molar-refractivity contribution in [2.45, 2.75) is 18.4 Å². The summed E-state index contributed by atoms with van der Waals surface area (Å²) in [5, 5.41) is 0. The highest BCUT2D eigenvalue weighted by Crippen LogP contribution is 2.32. The molecule has 1 unspecified atom stereocenters. The summed E-state index contributed by atoms with van der Waals surface area (Å²) < 4.78 is 0. The molecule has 0 radical (unpaired) electrons. The molecule has 1 heteroatoms. The molecule has 0 fully saturated rings. The molecule has 0 aromatic heterocycles. The van der Waals surface area contributed by atoms with Crippen LogP contribution in [0.1, 0.15) is 18.4 Å². The fourth-order valence-electron chi connectivity index (χ4n) is 2.10. The number of rotatable bonds is 3. The van der Waals surface area contributed by atoms with E-state index in [2.05, 4.69) is 36.9 Å². The lowest BCUT2D eigenvalue weighted by atomic mass is 9.80. The van der Waals surface area contributed by atoms with Crippen molar-refractivity contribution in [3.8, 4) is 0 Å². The second-order valence-electron chi connectivity index (χ2n) is 4.10. The Labute approximate surface area is 97.0 Å². The van der Waals surface area contributed by atoms with Gasteiger partial charge < -0.3 is 5.73 Å². The Morgan fingerprint density at radius 1 is 1.25 bits per heavy atom. The van der Waals surface area contributed by atoms with Crippen LogP contribution in [-0.2, 0) is 5.54 Å². The second kappa shape index (κ2) is 4.50. The average Bonchev–Trinajstić information content (AvgIpc) is 2.40. The molecular weight excluding hydrogens is 194 g/mol. The van der Waals surface area contributed by atoms with Crippen molar-refractivity contribution >= 4 is 0 Å². The smallest absolute Gasteiger partial charge is 0.0812 e. The molecule has 0 spiro atoms. The van der Waals surface area contributed by atoms with Gasteiger partial charge in [-0.05, 0) is 24.0 Å². The minimum Gasteiger partial charge on any atom is -0.315 e. The third-order valence-corrected chi connectivity index (χ3v) is 3.12. The molecule has 16 heavy (non-hydrogen) atoms. The van der Waals surface area contributed by atoms with Gasteiger partial charge in [0.25, 0.3) is 0 Å². The van der Waals surface area contributed by atoms with Gasteiger partial charge in [0.05, 0.1) is 5.54 Å². The molecule has 82 valence electrons. The molecule has 0 heterocycles. The molecule has 1 atom stereocenters. The van der Waals surface area contributed by atoms with Crippen LogP contribution in [0.25, 0.3) is 0 Å². The molecular formula is C15H17N. The van der Waals surface area contributed by atoms with Gasteiger partial charge in [-0.25, -0.2) is 0 Å². The maximum atomic E-state index is 6.47. The lowest BCUT2D eigenvalue weighted by Crippen LogP contribution is -2.36. The van der Waals surface area contributed by atoms with Crippen molar-refractivity contribution in [2.75, 3.05) is 0 Å². The molecule has 0 bridgehead atoms. The van der Waals surface area contributed by atoms with Gasteiger partial charge in [-0.15, -0.1) is 6.58 Å². The van der Waals surface area contributed by atoms with Crippen molar-refractivity contribution in [1.82, 2.24) is 0 Å². The number of benzene rings is 1. The van der Waals surface area contributed by atoms with Crippen LogP contribution in [-0.4, -0.2) is 0 Å². The van der Waals surface area contributed by atoms with E-state index in [9.17, 15) is 0 Å². The zero-order valence-corrected chi connectivity index (χ0v) is 9.39. The molecule has 2 rings (SSSR count). The Morgan fingerprint density at radius 2 is 2.00 bits per heavy atom. The van der Waals surface area contributed by atoms with Crippen LogP contribution in [0.15, 0.2) is 66.8 Å². The van der Waals surface area contributed by atoms with Crippen LogP contribution < -0.4 is 5.73 Å². The molecule has 1 nitrogen and oxygen atoms in total. The number of allylic oxidation sites excluding steroid dienone is 3. The first-order valence-corrected chi connectivity index (χ1v) is 5.61. The van der Waals surface area contributed by atoms with Crippen LogP contribution in [0.2, 0.25) is 0 Å². The van der Waals surface area contributed by atoms with Crippen molar-refractivity contribution in [3.05, 3.63) is 72.4 Å². The van der Waals surface area contributed by atoms with Gasteiger partial charge in [-0.1, -0.05) is 54.6 Å². The van der Waals surface area contributed by atoms with Crippen LogP contribution in [0.3, 0.4) is 0 Å². The molecule has 0 aliphatic heterocycles. The van der Waals surface area contributed by atoms with Gasteiger partial charge in [0.1, 0.15) is 0 Å². The Bertz CT molecular complexity index is 428. The summed E-state index contributed by atoms with van der Waals surface area (Å²) in [6, 6.07) is 10.1. The van der Waals surface area contributed by atoms with Crippen LogP contribution >= 0.6 is 0 Å². The molecule has 1 aliphatic rings. The summed E-state index contributed by atoms with van der Waals surface area (Å²) in [6.45, 7) is 3.89. The van der Waals surface area contributed by atoms with Gasteiger partial charge in [0.2, 0.25) is 0 Å². The molecule has 1 aromatic rings. The van der Waals surface area contributed by atoms with E-state index in [0.29, 0.717) is 0 Å². The normalized spacial score (nSPS) is 18.7. The van der Waals surface area contributed by atoms with Crippen LogP contribution in [0.5, 0.6) is 0 Å². The largest absolute Gasteiger partial charge is 0.315 e. The van der Waals surface area contributed by atoms with Crippen LogP contribution in [0, 0.1) is 0 Å². The maximum Gasteiger partial charge on any atom is 0.0812 e. The first-order chi connectivity index (χ1) is 7.77. The highest BCUT2D eigenvalue weighted by Gasteiger charge is 2.27. The lowest BCUT2D eigenvalue weighted by Gasteiger charge is -2.30. The van der Waals surface area contributed by atoms with E-state index < -0.39 is 5.54 Å². The first-order valence-electron chi connectivity index (χ1n) is 5.61. The van der Waals surface area contributed by atoms with Gasteiger partial charge in [-0.2, -0.15) is 0 Å². The van der Waals surface area contributed by atoms with Crippen molar-refractivity contribution in [1.29, 1.82) is 0 Å². The van der Waals surface area contributed by atoms with Crippen LogP contribution in [0.4, 0.5) is 0 Å². The molecule has 0 amide bonds. The Balaban J connectivity index is 2.43. The van der Waals surface area contributed by atoms with E-state index in [-0.39, 0.29) is 0 Å². The topological polar surface area (TPSA) is 26.0 Å². The SMILES string of the molecule is C=CC(N)(C1=CC=CCC1)c1ccccc1. The lowest BCUT2D eigenvalue weighted by molar-refractivity contribution is 0.626. The molecule has 2 N–H and O–H groups in total. The quantitative estimate of drug-likeness (QED) is 0.763. The fourth-order valence-corrected chi connectivity index (χ4v) is 2.10. The Morgan fingerprint density at radius 3 is 2.56 bits per heavy atom. The van der Waals surface area contributed by atoms with Gasteiger partial charge in [-0.3, -0.25) is 0 Å². The highest BCUT2D eigenvalue weighted by atomic mass is 14.7. The summed E-state index contributed by atoms with van der Waals surface area (Å²) in [5.41, 5.74) is 8.29. The van der Waals surface area contributed by atoms with E-state index in [4.69, 9.17) is 5.73 Å². The van der Waals surface area contributed by atoms with E-state index in [0.717, 1.165) is 18.4 Å².